The molecular weight excluding hydrogens is 242 g/mol. The van der Waals surface area contributed by atoms with Crippen LogP contribution in [-0.2, 0) is 0 Å². The van der Waals surface area contributed by atoms with E-state index < -0.39 is 0 Å². The summed E-state index contributed by atoms with van der Waals surface area (Å²) < 4.78 is 0. The van der Waals surface area contributed by atoms with Crippen LogP contribution in [-0.4, -0.2) is 4.98 Å². The first kappa shape index (κ1) is 23.5. The monoisotopic (exact) mass is 275 g/mol. The number of rotatable bonds is 3. The van der Waals surface area contributed by atoms with Crippen LogP contribution in [0.2, 0.25) is 0 Å². The molecule has 20 heavy (non-hydrogen) atoms. The summed E-state index contributed by atoms with van der Waals surface area (Å²) in [5.74, 6) is 0. The van der Waals surface area contributed by atoms with Crippen molar-refractivity contribution in [3.8, 4) is 0 Å². The zero-order chi connectivity index (χ0) is 16.4. The van der Waals surface area contributed by atoms with Crippen LogP contribution in [0.4, 0.5) is 0 Å². The van der Waals surface area contributed by atoms with Gasteiger partial charge in [0.15, 0.2) is 0 Å². The largest absolute Gasteiger partial charge is 0.256 e. The van der Waals surface area contributed by atoms with E-state index in [0.717, 1.165) is 11.3 Å². The standard InChI is InChI=1S/C13H15N.3C2H6/c1-4-6-7-12(5-2)13-9-8-11(3)10-14-13;3*1-2/h4-10H,1H2,2-3H3;3*1-2H3/b7-6-,12-5+;;;. The molecule has 1 aromatic heterocycles. The second kappa shape index (κ2) is 19.7. The minimum absolute atomic E-state index is 0.996. The fourth-order valence-electron chi connectivity index (χ4n) is 1.14. The van der Waals surface area contributed by atoms with Crippen molar-refractivity contribution in [2.45, 2.75) is 55.4 Å². The Morgan fingerprint density at radius 3 is 1.95 bits per heavy atom. The van der Waals surface area contributed by atoms with Crippen molar-refractivity contribution >= 4 is 5.57 Å². The second-order valence-electron chi connectivity index (χ2n) is 3.06. The third-order valence-corrected chi connectivity index (χ3v) is 1.93. The van der Waals surface area contributed by atoms with Gasteiger partial charge in [0.05, 0.1) is 5.69 Å². The van der Waals surface area contributed by atoms with E-state index in [1.807, 2.05) is 85.9 Å². The molecule has 0 N–H and O–H groups in total. The minimum Gasteiger partial charge on any atom is -0.256 e. The molecule has 0 amide bonds. The van der Waals surface area contributed by atoms with Gasteiger partial charge in [0, 0.05) is 6.20 Å². The third kappa shape index (κ3) is 11.5. The van der Waals surface area contributed by atoms with Crippen LogP contribution in [0.1, 0.15) is 59.7 Å². The van der Waals surface area contributed by atoms with Crippen molar-refractivity contribution in [3.05, 3.63) is 60.5 Å². The molecular formula is C19H33N. The summed E-state index contributed by atoms with van der Waals surface area (Å²) in [6, 6.07) is 4.09. The molecule has 114 valence electrons. The zero-order valence-corrected chi connectivity index (χ0v) is 14.7. The molecule has 0 spiro atoms. The van der Waals surface area contributed by atoms with Crippen molar-refractivity contribution in [1.29, 1.82) is 0 Å². The van der Waals surface area contributed by atoms with E-state index in [9.17, 15) is 0 Å². The number of aryl methyl sites for hydroxylation is 1. The van der Waals surface area contributed by atoms with Crippen LogP contribution in [0, 0.1) is 6.92 Å². The van der Waals surface area contributed by atoms with E-state index in [2.05, 4.69) is 17.6 Å². The molecule has 1 heteroatoms. The maximum Gasteiger partial charge on any atom is 0.0698 e. The molecule has 0 bridgehead atoms. The molecule has 1 aromatic rings. The molecule has 0 unspecified atom stereocenters. The quantitative estimate of drug-likeness (QED) is 0.565. The average Bonchev–Trinajstić information content (AvgIpc) is 2.55. The van der Waals surface area contributed by atoms with Crippen LogP contribution >= 0.6 is 0 Å². The lowest BCUT2D eigenvalue weighted by Crippen LogP contribution is -1.86. The Labute approximate surface area is 127 Å². The van der Waals surface area contributed by atoms with Gasteiger partial charge in [-0.1, -0.05) is 78.5 Å². The van der Waals surface area contributed by atoms with Crippen molar-refractivity contribution < 1.29 is 0 Å². The predicted octanol–water partition coefficient (Wildman–Crippen LogP) is 6.61. The molecule has 0 atom stereocenters. The maximum absolute atomic E-state index is 4.35. The van der Waals surface area contributed by atoms with E-state index in [1.165, 1.54) is 5.56 Å². The first-order valence-electron chi connectivity index (χ1n) is 7.66. The van der Waals surface area contributed by atoms with Gasteiger partial charge in [0.1, 0.15) is 0 Å². The van der Waals surface area contributed by atoms with Crippen molar-refractivity contribution in [3.63, 3.8) is 0 Å². The summed E-state index contributed by atoms with van der Waals surface area (Å²) in [5.41, 5.74) is 3.29. The van der Waals surface area contributed by atoms with E-state index >= 15 is 0 Å². The van der Waals surface area contributed by atoms with Crippen molar-refractivity contribution in [1.82, 2.24) is 4.98 Å². The van der Waals surface area contributed by atoms with Crippen LogP contribution in [0.5, 0.6) is 0 Å². The predicted molar refractivity (Wildman–Crippen MR) is 96.0 cm³/mol. The lowest BCUT2D eigenvalue weighted by atomic mass is 10.1. The number of pyridine rings is 1. The van der Waals surface area contributed by atoms with Gasteiger partial charge in [0.25, 0.3) is 0 Å². The van der Waals surface area contributed by atoms with E-state index in [1.54, 1.807) is 6.08 Å². The maximum atomic E-state index is 4.35. The third-order valence-electron chi connectivity index (χ3n) is 1.93. The highest BCUT2D eigenvalue weighted by Gasteiger charge is 1.96. The van der Waals surface area contributed by atoms with Crippen LogP contribution in [0.15, 0.2) is 49.2 Å². The minimum atomic E-state index is 0.996. The number of allylic oxidation sites excluding steroid dienone is 5. The van der Waals surface area contributed by atoms with Gasteiger partial charge < -0.3 is 0 Å². The van der Waals surface area contributed by atoms with Crippen molar-refractivity contribution in [2.75, 3.05) is 0 Å². The fraction of sp³-hybridized carbons (Fsp3) is 0.421. The van der Waals surface area contributed by atoms with Gasteiger partial charge >= 0.3 is 0 Å². The van der Waals surface area contributed by atoms with E-state index in [4.69, 9.17) is 0 Å². The summed E-state index contributed by atoms with van der Waals surface area (Å²) in [7, 11) is 0. The molecule has 0 saturated carbocycles. The summed E-state index contributed by atoms with van der Waals surface area (Å²) >= 11 is 0. The molecule has 0 saturated heterocycles. The van der Waals surface area contributed by atoms with Crippen LogP contribution in [0.25, 0.3) is 5.57 Å². The van der Waals surface area contributed by atoms with Crippen LogP contribution in [0.3, 0.4) is 0 Å². The van der Waals surface area contributed by atoms with Gasteiger partial charge in [-0.2, -0.15) is 0 Å². The SMILES string of the molecule is C=C/C=C\C(=C/C)c1ccc(C)cn1.CC.CC.CC. The second-order valence-corrected chi connectivity index (χ2v) is 3.06. The van der Waals surface area contributed by atoms with Gasteiger partial charge in [-0.3, -0.25) is 4.98 Å². The summed E-state index contributed by atoms with van der Waals surface area (Å²) in [4.78, 5) is 4.35. The molecule has 0 aliphatic heterocycles. The van der Waals surface area contributed by atoms with Gasteiger partial charge in [-0.05, 0) is 31.1 Å². The highest BCUT2D eigenvalue weighted by molar-refractivity contribution is 5.71. The average molecular weight is 275 g/mol. The number of nitrogens with zero attached hydrogens (tertiary/aromatic N) is 1. The normalized spacial score (nSPS) is 9.30. The summed E-state index contributed by atoms with van der Waals surface area (Å²) in [5, 5.41) is 0. The lowest BCUT2D eigenvalue weighted by Gasteiger charge is -2.00. The smallest absolute Gasteiger partial charge is 0.0698 e. The number of aromatic nitrogens is 1. The molecule has 0 aliphatic rings. The number of hydrogen-bond acceptors (Lipinski definition) is 1. The molecule has 1 nitrogen and oxygen atoms in total. The Kier molecular flexibility index (Phi) is 23.1. The Morgan fingerprint density at radius 2 is 1.60 bits per heavy atom. The lowest BCUT2D eigenvalue weighted by molar-refractivity contribution is 1.23. The van der Waals surface area contributed by atoms with Gasteiger partial charge in [-0.25, -0.2) is 0 Å². The zero-order valence-electron chi connectivity index (χ0n) is 14.7. The first-order chi connectivity index (χ1) is 9.77. The molecule has 1 rings (SSSR count). The Balaban J connectivity index is -0.000000425. The molecule has 0 aromatic carbocycles. The van der Waals surface area contributed by atoms with E-state index in [0.29, 0.717) is 0 Å². The van der Waals surface area contributed by atoms with E-state index in [-0.39, 0.29) is 0 Å². The van der Waals surface area contributed by atoms with Gasteiger partial charge in [0.2, 0.25) is 0 Å². The topological polar surface area (TPSA) is 12.9 Å². The highest BCUT2D eigenvalue weighted by atomic mass is 14.7. The Hall–Kier alpha value is -1.63. The summed E-state index contributed by atoms with van der Waals surface area (Å²) in [6.45, 7) is 19.7. The first-order valence-corrected chi connectivity index (χ1v) is 7.66. The molecule has 0 aliphatic carbocycles. The fourth-order valence-corrected chi connectivity index (χ4v) is 1.14. The molecule has 0 fully saturated rings. The Morgan fingerprint density at radius 1 is 1.05 bits per heavy atom. The Bertz CT molecular complexity index is 356. The van der Waals surface area contributed by atoms with Crippen molar-refractivity contribution in [2.24, 2.45) is 0 Å². The summed E-state index contributed by atoms with van der Waals surface area (Å²) in [6.07, 6.45) is 9.59. The molecule has 1 heterocycles. The highest BCUT2D eigenvalue weighted by Crippen LogP contribution is 2.13. The molecule has 0 radical (unpaired) electrons. The van der Waals surface area contributed by atoms with Crippen LogP contribution < -0.4 is 0 Å². The van der Waals surface area contributed by atoms with Gasteiger partial charge in [-0.15, -0.1) is 0 Å². The number of hydrogen-bond donors (Lipinski definition) is 0.